The number of rotatable bonds is 6. The first-order chi connectivity index (χ1) is 10.9. The van der Waals surface area contributed by atoms with Crippen LogP contribution in [0.4, 0.5) is 8.78 Å². The highest BCUT2D eigenvalue weighted by atomic mass is 19.1. The number of ether oxygens (including phenoxy) is 1. The normalized spacial score (nSPS) is 15.0. The van der Waals surface area contributed by atoms with Crippen LogP contribution >= 0.6 is 0 Å². The van der Waals surface area contributed by atoms with E-state index in [0.717, 1.165) is 11.6 Å². The van der Waals surface area contributed by atoms with Gasteiger partial charge in [0, 0.05) is 18.2 Å². The summed E-state index contributed by atoms with van der Waals surface area (Å²) in [7, 11) is 1.58. The van der Waals surface area contributed by atoms with Gasteiger partial charge in [0.25, 0.3) is 0 Å². The van der Waals surface area contributed by atoms with E-state index in [1.165, 1.54) is 12.1 Å². The molecule has 0 aliphatic carbocycles. The summed E-state index contributed by atoms with van der Waals surface area (Å²) in [6.07, 6.45) is -0.748. The Morgan fingerprint density at radius 1 is 0.957 bits per heavy atom. The number of hydrogen-bond acceptors (Lipinski definition) is 3. The summed E-state index contributed by atoms with van der Waals surface area (Å²) in [5.74, 6) is -0.515. The third-order valence-corrected chi connectivity index (χ3v) is 3.83. The van der Waals surface area contributed by atoms with Crippen molar-refractivity contribution in [3.8, 4) is 5.75 Å². The molecule has 2 N–H and O–H groups in total. The van der Waals surface area contributed by atoms with Crippen molar-refractivity contribution in [1.29, 1.82) is 0 Å². The summed E-state index contributed by atoms with van der Waals surface area (Å²) >= 11 is 0. The Balaban J connectivity index is 2.05. The van der Waals surface area contributed by atoms with E-state index in [0.29, 0.717) is 11.3 Å². The quantitative estimate of drug-likeness (QED) is 0.851. The molecule has 3 atom stereocenters. The topological polar surface area (TPSA) is 41.5 Å². The van der Waals surface area contributed by atoms with Gasteiger partial charge in [-0.15, -0.1) is 0 Å². The van der Waals surface area contributed by atoms with E-state index in [-0.39, 0.29) is 12.1 Å². The second-order valence-electron chi connectivity index (χ2n) is 5.60. The highest BCUT2D eigenvalue weighted by molar-refractivity contribution is 5.29. The maximum Gasteiger partial charge on any atom is 0.126 e. The molecule has 2 aromatic rings. The lowest BCUT2D eigenvalue weighted by Crippen LogP contribution is -2.34. The molecule has 2 rings (SSSR count). The smallest absolute Gasteiger partial charge is 0.126 e. The molecule has 0 aliphatic rings. The monoisotopic (exact) mass is 321 g/mol. The highest BCUT2D eigenvalue weighted by Crippen LogP contribution is 2.23. The summed E-state index contributed by atoms with van der Waals surface area (Å²) in [6.45, 7) is 3.62. The molecule has 124 valence electrons. The second-order valence-corrected chi connectivity index (χ2v) is 5.60. The zero-order valence-electron chi connectivity index (χ0n) is 13.4. The first-order valence-electron chi connectivity index (χ1n) is 7.44. The summed E-state index contributed by atoms with van der Waals surface area (Å²) < 4.78 is 31.7. The van der Waals surface area contributed by atoms with E-state index in [9.17, 15) is 13.9 Å². The molecule has 0 amide bonds. The van der Waals surface area contributed by atoms with Gasteiger partial charge in [-0.25, -0.2) is 8.78 Å². The van der Waals surface area contributed by atoms with Crippen LogP contribution in [0.15, 0.2) is 42.5 Å². The van der Waals surface area contributed by atoms with E-state index in [1.54, 1.807) is 38.3 Å². The number of nitrogens with one attached hydrogen (secondary N) is 1. The molecule has 3 unspecified atom stereocenters. The zero-order valence-corrected chi connectivity index (χ0v) is 13.4. The van der Waals surface area contributed by atoms with Crippen molar-refractivity contribution >= 4 is 0 Å². The first-order valence-corrected chi connectivity index (χ1v) is 7.44. The fourth-order valence-electron chi connectivity index (χ4n) is 2.50. The van der Waals surface area contributed by atoms with Gasteiger partial charge in [0.05, 0.1) is 13.2 Å². The summed E-state index contributed by atoms with van der Waals surface area (Å²) in [6, 6.07) is 9.93. The lowest BCUT2D eigenvalue weighted by Gasteiger charge is -2.25. The van der Waals surface area contributed by atoms with Gasteiger partial charge >= 0.3 is 0 Å². The average Bonchev–Trinajstić information content (AvgIpc) is 2.53. The van der Waals surface area contributed by atoms with E-state index >= 15 is 0 Å². The van der Waals surface area contributed by atoms with Crippen LogP contribution in [0.1, 0.15) is 37.1 Å². The largest absolute Gasteiger partial charge is 0.497 e. The molecule has 0 radical (unpaired) electrons. The first kappa shape index (κ1) is 17.4. The SMILES string of the molecule is COc1ccc(C(O)C(C)NC(C)c2cc(F)cc(F)c2)cc1. The number of aliphatic hydroxyl groups excluding tert-OH is 1. The van der Waals surface area contributed by atoms with E-state index in [4.69, 9.17) is 4.74 Å². The molecular formula is C18H21F2NO2. The van der Waals surface area contributed by atoms with Gasteiger partial charge in [-0.3, -0.25) is 0 Å². The van der Waals surface area contributed by atoms with E-state index < -0.39 is 17.7 Å². The van der Waals surface area contributed by atoms with Gasteiger partial charge in [0.2, 0.25) is 0 Å². The Labute approximate surface area is 134 Å². The fraction of sp³-hybridized carbons (Fsp3) is 0.333. The summed E-state index contributed by atoms with van der Waals surface area (Å²) in [5.41, 5.74) is 1.24. The van der Waals surface area contributed by atoms with Crippen LogP contribution in [0.2, 0.25) is 0 Å². The van der Waals surface area contributed by atoms with Crippen molar-refractivity contribution in [1.82, 2.24) is 5.32 Å². The molecular weight excluding hydrogens is 300 g/mol. The van der Waals surface area contributed by atoms with Crippen molar-refractivity contribution in [2.75, 3.05) is 7.11 Å². The number of aliphatic hydroxyl groups is 1. The van der Waals surface area contributed by atoms with Crippen LogP contribution in [-0.4, -0.2) is 18.3 Å². The minimum Gasteiger partial charge on any atom is -0.497 e. The van der Waals surface area contributed by atoms with Crippen molar-refractivity contribution in [3.63, 3.8) is 0 Å². The molecule has 0 spiro atoms. The lowest BCUT2D eigenvalue weighted by molar-refractivity contribution is 0.130. The Bertz CT molecular complexity index is 626. The zero-order chi connectivity index (χ0) is 17.0. The second kappa shape index (κ2) is 7.53. The maximum absolute atomic E-state index is 13.3. The predicted molar refractivity (Wildman–Crippen MR) is 85.3 cm³/mol. The van der Waals surface area contributed by atoms with Crippen molar-refractivity contribution in [2.45, 2.75) is 32.0 Å². The molecule has 0 saturated carbocycles. The molecule has 0 fully saturated rings. The Morgan fingerprint density at radius 3 is 2.04 bits per heavy atom. The van der Waals surface area contributed by atoms with E-state index in [2.05, 4.69) is 5.32 Å². The van der Waals surface area contributed by atoms with Gasteiger partial charge in [-0.05, 0) is 49.2 Å². The van der Waals surface area contributed by atoms with E-state index in [1.807, 2.05) is 6.92 Å². The molecule has 0 heterocycles. The molecule has 0 aromatic heterocycles. The third kappa shape index (κ3) is 4.50. The van der Waals surface area contributed by atoms with Crippen LogP contribution in [-0.2, 0) is 0 Å². The van der Waals surface area contributed by atoms with Crippen LogP contribution in [0.25, 0.3) is 0 Å². The molecule has 5 heteroatoms. The Kier molecular flexibility index (Phi) is 5.69. The van der Waals surface area contributed by atoms with Gasteiger partial charge in [0.1, 0.15) is 17.4 Å². The summed E-state index contributed by atoms with van der Waals surface area (Å²) in [5, 5.41) is 13.6. The van der Waals surface area contributed by atoms with Crippen LogP contribution < -0.4 is 10.1 Å². The Hall–Kier alpha value is -1.98. The molecule has 0 saturated heterocycles. The molecule has 3 nitrogen and oxygen atoms in total. The highest BCUT2D eigenvalue weighted by Gasteiger charge is 2.19. The van der Waals surface area contributed by atoms with Crippen molar-refractivity contribution < 1.29 is 18.6 Å². The fourth-order valence-corrected chi connectivity index (χ4v) is 2.50. The number of hydrogen-bond donors (Lipinski definition) is 2. The minimum atomic E-state index is -0.748. The number of halogens is 2. The molecule has 23 heavy (non-hydrogen) atoms. The average molecular weight is 321 g/mol. The predicted octanol–water partition coefficient (Wildman–Crippen LogP) is 3.75. The van der Waals surface area contributed by atoms with Gasteiger partial charge < -0.3 is 15.2 Å². The number of methoxy groups -OCH3 is 1. The standard InChI is InChI=1S/C18H21F2NO2/c1-11(14-8-15(19)10-16(20)9-14)21-12(2)18(22)13-4-6-17(23-3)7-5-13/h4-12,18,21-22H,1-3H3. The van der Waals surface area contributed by atoms with Gasteiger partial charge in [0.15, 0.2) is 0 Å². The van der Waals surface area contributed by atoms with Crippen molar-refractivity contribution in [2.24, 2.45) is 0 Å². The maximum atomic E-state index is 13.3. The summed E-state index contributed by atoms with van der Waals surface area (Å²) in [4.78, 5) is 0. The third-order valence-electron chi connectivity index (χ3n) is 3.83. The molecule has 0 bridgehead atoms. The minimum absolute atomic E-state index is 0.301. The van der Waals surface area contributed by atoms with Crippen LogP contribution in [0, 0.1) is 11.6 Å². The lowest BCUT2D eigenvalue weighted by atomic mass is 10.0. The van der Waals surface area contributed by atoms with Gasteiger partial charge in [-0.1, -0.05) is 12.1 Å². The molecule has 0 aliphatic heterocycles. The Morgan fingerprint density at radius 2 is 1.52 bits per heavy atom. The van der Waals surface area contributed by atoms with Crippen LogP contribution in [0.5, 0.6) is 5.75 Å². The van der Waals surface area contributed by atoms with Gasteiger partial charge in [-0.2, -0.15) is 0 Å². The van der Waals surface area contributed by atoms with Crippen molar-refractivity contribution in [3.05, 3.63) is 65.2 Å². The van der Waals surface area contributed by atoms with Crippen LogP contribution in [0.3, 0.4) is 0 Å². The number of benzene rings is 2. The molecule has 2 aromatic carbocycles.